The van der Waals surface area contributed by atoms with Crippen LogP contribution in [0.15, 0.2) is 115 Å². The second kappa shape index (κ2) is 13.1. The Kier molecular flexibility index (Phi) is 8.91. The Hall–Kier alpha value is -5.12. The first-order valence-corrected chi connectivity index (χ1v) is 17.5. The first-order valence-electron chi connectivity index (χ1n) is 17.5. The molecule has 52 heavy (non-hydrogen) atoms. The van der Waals surface area contributed by atoms with Gasteiger partial charge in [0.1, 0.15) is 11.6 Å². The van der Waals surface area contributed by atoms with E-state index in [1.165, 1.54) is 11.1 Å². The van der Waals surface area contributed by atoms with Crippen molar-refractivity contribution in [1.82, 2.24) is 19.4 Å². The predicted octanol–water partition coefficient (Wildman–Crippen LogP) is 11.5. The molecule has 0 atom stereocenters. The number of phenolic OH excluding ortho intramolecular Hbond substituents is 1. The molecule has 0 radical (unpaired) electrons. The third kappa shape index (κ3) is 6.22. The molecule has 0 saturated heterocycles. The van der Waals surface area contributed by atoms with Crippen LogP contribution in [0.4, 0.5) is 0 Å². The van der Waals surface area contributed by atoms with Crippen LogP contribution in [-0.4, -0.2) is 24.5 Å². The van der Waals surface area contributed by atoms with Gasteiger partial charge in [-0.05, 0) is 58.2 Å². The van der Waals surface area contributed by atoms with Gasteiger partial charge in [0.15, 0.2) is 5.65 Å². The molecule has 5 nitrogen and oxygen atoms in total. The van der Waals surface area contributed by atoms with Gasteiger partial charge in [-0.25, -0.2) is 9.97 Å². The van der Waals surface area contributed by atoms with Gasteiger partial charge in [0, 0.05) is 38.5 Å². The zero-order chi connectivity index (χ0) is 35.7. The van der Waals surface area contributed by atoms with Crippen molar-refractivity contribution in [3.8, 4) is 50.4 Å². The van der Waals surface area contributed by atoms with Gasteiger partial charge in [-0.15, -0.1) is 29.3 Å². The number of aryl methyl sites for hydroxylation is 1. The quantitative estimate of drug-likeness (QED) is 0.179. The molecule has 0 amide bonds. The van der Waals surface area contributed by atoms with Crippen LogP contribution in [0.2, 0.25) is 0 Å². The van der Waals surface area contributed by atoms with Gasteiger partial charge < -0.3 is 5.11 Å². The smallest absolute Gasteiger partial charge is 0.151 e. The maximum atomic E-state index is 11.2. The van der Waals surface area contributed by atoms with Crippen molar-refractivity contribution in [2.45, 2.75) is 59.3 Å². The van der Waals surface area contributed by atoms with Gasteiger partial charge in [0.2, 0.25) is 0 Å². The molecule has 0 bridgehead atoms. The molecule has 262 valence electrons. The Morgan fingerprint density at radius 1 is 0.635 bits per heavy atom. The third-order valence-electron chi connectivity index (χ3n) is 9.87. The van der Waals surface area contributed by atoms with Crippen LogP contribution in [0.3, 0.4) is 0 Å². The summed E-state index contributed by atoms with van der Waals surface area (Å²) in [6, 6.07) is 41.4. The zero-order valence-electron chi connectivity index (χ0n) is 30.5. The minimum Gasteiger partial charge on any atom is -0.507 e. The maximum absolute atomic E-state index is 11.2. The molecule has 1 N–H and O–H groups in total. The number of aromatic hydroxyl groups is 1. The van der Waals surface area contributed by atoms with E-state index in [0.29, 0.717) is 16.6 Å². The summed E-state index contributed by atoms with van der Waals surface area (Å²) >= 11 is 0. The number of nitrogens with zero attached hydrogens (tertiary/aromatic N) is 4. The summed E-state index contributed by atoms with van der Waals surface area (Å²) in [6.07, 6.45) is 1.98. The Balaban J connectivity index is 0.00000420. The number of fused-ring (bicyclic) bond motifs is 5. The van der Waals surface area contributed by atoms with E-state index in [0.717, 1.165) is 61.5 Å². The summed E-state index contributed by atoms with van der Waals surface area (Å²) in [5.74, 6) is 0.947. The Morgan fingerprint density at radius 2 is 1.31 bits per heavy atom. The molecule has 0 aliphatic rings. The van der Waals surface area contributed by atoms with Crippen molar-refractivity contribution < 1.29 is 26.2 Å². The second-order valence-electron chi connectivity index (χ2n) is 15.5. The third-order valence-corrected chi connectivity index (χ3v) is 9.87. The maximum Gasteiger partial charge on any atom is 0.151 e. The van der Waals surface area contributed by atoms with Crippen molar-refractivity contribution in [3.63, 3.8) is 0 Å². The number of benzene rings is 5. The van der Waals surface area contributed by atoms with Gasteiger partial charge in [-0.1, -0.05) is 132 Å². The van der Waals surface area contributed by atoms with Crippen LogP contribution in [0.5, 0.6) is 5.75 Å². The van der Waals surface area contributed by atoms with E-state index < -0.39 is 0 Å². The Bertz CT molecular complexity index is 2610. The Morgan fingerprint density at radius 3 is 2.02 bits per heavy atom. The average molecular weight is 861 g/mol. The molecule has 0 aliphatic heterocycles. The summed E-state index contributed by atoms with van der Waals surface area (Å²) in [5.41, 5.74) is 13.5. The van der Waals surface area contributed by atoms with Gasteiger partial charge in [0.05, 0.1) is 21.9 Å². The number of phenols is 1. The fraction of sp³-hybridized carbons (Fsp3) is 0.196. The molecule has 8 rings (SSSR count). The molecule has 3 aromatic heterocycles. The van der Waals surface area contributed by atoms with Crippen LogP contribution in [0.1, 0.15) is 58.5 Å². The van der Waals surface area contributed by atoms with E-state index in [1.807, 2.05) is 31.3 Å². The fourth-order valence-electron chi connectivity index (χ4n) is 6.97. The van der Waals surface area contributed by atoms with Crippen molar-refractivity contribution in [3.05, 3.63) is 138 Å². The van der Waals surface area contributed by atoms with E-state index in [-0.39, 0.29) is 37.6 Å². The number of aromatic nitrogens is 4. The van der Waals surface area contributed by atoms with E-state index in [2.05, 4.69) is 137 Å². The number of pyridine rings is 1. The normalized spacial score (nSPS) is 12.1. The van der Waals surface area contributed by atoms with E-state index in [9.17, 15) is 5.11 Å². The van der Waals surface area contributed by atoms with Gasteiger partial charge in [-0.2, -0.15) is 0 Å². The van der Waals surface area contributed by atoms with Gasteiger partial charge in [0.25, 0.3) is 0 Å². The largest absolute Gasteiger partial charge is 0.507 e. The number of hydrogen-bond acceptors (Lipinski definition) is 4. The predicted molar refractivity (Wildman–Crippen MR) is 210 cm³/mol. The van der Waals surface area contributed by atoms with Crippen molar-refractivity contribution in [1.29, 1.82) is 0 Å². The van der Waals surface area contributed by atoms with Crippen LogP contribution in [0, 0.1) is 13.0 Å². The molecule has 0 spiro atoms. The molecule has 6 heteroatoms. The van der Waals surface area contributed by atoms with Gasteiger partial charge >= 0.3 is 0 Å². The Labute approximate surface area is 319 Å². The summed E-state index contributed by atoms with van der Waals surface area (Å²) in [6.45, 7) is 15.3. The molecule has 3 heterocycles. The van der Waals surface area contributed by atoms with Crippen LogP contribution >= 0.6 is 0 Å². The topological polar surface area (TPSA) is 63.3 Å². The van der Waals surface area contributed by atoms with E-state index in [1.54, 1.807) is 6.07 Å². The van der Waals surface area contributed by atoms with Gasteiger partial charge in [-0.3, -0.25) is 9.38 Å². The first kappa shape index (κ1) is 35.3. The molecule has 0 fully saturated rings. The number of rotatable bonds is 4. The molecule has 0 aliphatic carbocycles. The molecule has 8 aromatic rings. The monoisotopic (exact) mass is 860 g/mol. The molecular weight excluding hydrogens is 820 g/mol. The molecule has 5 aromatic carbocycles. The SMILES string of the molecule is Cc1nc2cccc(O)c2c2nc3c(-c4[c-]c(-c5ccc(C(C)(C)C)cn5)cc(C(C)(C)C)c4)ccc(-c4cccc(-c5ccccc5)c4)c3n12.[Pt]. The minimum atomic E-state index is -0.123. The summed E-state index contributed by atoms with van der Waals surface area (Å²) in [5, 5.41) is 11.8. The summed E-state index contributed by atoms with van der Waals surface area (Å²) < 4.78 is 2.10. The van der Waals surface area contributed by atoms with Crippen LogP contribution < -0.4 is 0 Å². The summed E-state index contributed by atoms with van der Waals surface area (Å²) in [4.78, 5) is 15.3. The van der Waals surface area contributed by atoms with E-state index in [4.69, 9.17) is 15.0 Å². The molecule has 0 unspecified atom stereocenters. The van der Waals surface area contributed by atoms with Crippen molar-refractivity contribution in [2.75, 3.05) is 0 Å². The van der Waals surface area contributed by atoms with Crippen molar-refractivity contribution in [2.24, 2.45) is 0 Å². The first-order chi connectivity index (χ1) is 24.4. The van der Waals surface area contributed by atoms with E-state index >= 15 is 0 Å². The molecular formula is C46H41N4OPt-. The summed E-state index contributed by atoms with van der Waals surface area (Å²) in [7, 11) is 0. The second-order valence-corrected chi connectivity index (χ2v) is 15.5. The van der Waals surface area contributed by atoms with Crippen LogP contribution in [0.25, 0.3) is 72.2 Å². The standard InChI is InChI=1S/C46H41N4O.Pt/c1-28-48-39-17-12-18-40(51)41(39)44-49-42-36(20-21-37(43(42)50(28)44)31-16-11-15-30(23-31)29-13-9-8-10-14-29)32-24-33(26-35(25-32)46(5,6)7)38-22-19-34(27-47-38)45(2,3)4;/h8-23,25-27,51H,1-7H3;/q-1;. The number of imidazole rings is 1. The zero-order valence-corrected chi connectivity index (χ0v) is 32.8. The minimum absolute atomic E-state index is 0. The fourth-order valence-corrected chi connectivity index (χ4v) is 6.97. The van der Waals surface area contributed by atoms with Crippen molar-refractivity contribution >= 4 is 27.6 Å². The molecule has 0 saturated carbocycles. The average Bonchev–Trinajstić information content (AvgIpc) is 3.52. The van der Waals surface area contributed by atoms with Crippen LogP contribution in [-0.2, 0) is 31.9 Å². The number of hydrogen-bond donors (Lipinski definition) is 1.